The van der Waals surface area contributed by atoms with Crippen LogP contribution in [0.2, 0.25) is 0 Å². The van der Waals surface area contributed by atoms with Gasteiger partial charge in [-0.05, 0) is 48.8 Å². The number of aryl methyl sites for hydroxylation is 1. The second-order valence-corrected chi connectivity index (χ2v) is 7.40. The fourth-order valence-electron chi connectivity index (χ4n) is 3.42. The first-order valence-electron chi connectivity index (χ1n) is 9.20. The van der Waals surface area contributed by atoms with Gasteiger partial charge in [-0.3, -0.25) is 4.99 Å². The van der Waals surface area contributed by atoms with Crippen molar-refractivity contribution in [2.24, 2.45) is 10.4 Å². The van der Waals surface area contributed by atoms with Crippen LogP contribution in [0.25, 0.3) is 0 Å². The minimum absolute atomic E-state index is 0.381. The molecule has 1 saturated carbocycles. The summed E-state index contributed by atoms with van der Waals surface area (Å²) in [5.74, 6) is 0.869. The van der Waals surface area contributed by atoms with Crippen LogP contribution in [-0.4, -0.2) is 47.4 Å². The molecule has 1 aliphatic rings. The highest BCUT2D eigenvalue weighted by molar-refractivity contribution is 5.79. The zero-order valence-electron chi connectivity index (χ0n) is 16.5. The number of benzene rings is 1. The molecule has 0 aromatic heterocycles. The Labute approximate surface area is 152 Å². The van der Waals surface area contributed by atoms with E-state index in [0.29, 0.717) is 5.41 Å². The molecule has 0 spiro atoms. The highest BCUT2D eigenvalue weighted by atomic mass is 16.5. The Morgan fingerprint density at radius 1 is 1.28 bits per heavy atom. The molecule has 1 aromatic rings. The van der Waals surface area contributed by atoms with Crippen molar-refractivity contribution in [2.45, 2.75) is 39.2 Å². The normalized spacial score (nSPS) is 16.3. The summed E-state index contributed by atoms with van der Waals surface area (Å²) < 4.78 is 5.28. The zero-order chi connectivity index (χ0) is 18.3. The van der Waals surface area contributed by atoms with E-state index in [1.165, 1.54) is 36.1 Å². The SMILES string of the molecule is CN=C(NCc1ccc(C)cc1N(C)C)NCC1(CCOC)CCC1. The van der Waals surface area contributed by atoms with Gasteiger partial charge in [0.1, 0.15) is 0 Å². The van der Waals surface area contributed by atoms with Crippen molar-refractivity contribution in [3.63, 3.8) is 0 Å². The van der Waals surface area contributed by atoms with Gasteiger partial charge in [0.2, 0.25) is 0 Å². The number of anilines is 1. The third-order valence-corrected chi connectivity index (χ3v) is 5.27. The lowest BCUT2D eigenvalue weighted by atomic mass is 9.67. The van der Waals surface area contributed by atoms with Gasteiger partial charge in [-0.1, -0.05) is 18.6 Å². The fraction of sp³-hybridized carbons (Fsp3) is 0.650. The Morgan fingerprint density at radius 3 is 2.60 bits per heavy atom. The Kier molecular flexibility index (Phi) is 7.12. The number of ether oxygens (including phenoxy) is 1. The molecular formula is C20H34N4O. The van der Waals surface area contributed by atoms with Crippen molar-refractivity contribution in [3.05, 3.63) is 29.3 Å². The number of guanidine groups is 1. The first-order chi connectivity index (χ1) is 12.0. The Bertz CT molecular complexity index is 579. The van der Waals surface area contributed by atoms with Gasteiger partial charge in [-0.2, -0.15) is 0 Å². The van der Waals surface area contributed by atoms with Crippen LogP contribution in [0.5, 0.6) is 0 Å². The molecule has 25 heavy (non-hydrogen) atoms. The lowest BCUT2D eigenvalue weighted by molar-refractivity contribution is 0.0732. The van der Waals surface area contributed by atoms with E-state index in [4.69, 9.17) is 4.74 Å². The van der Waals surface area contributed by atoms with Crippen LogP contribution < -0.4 is 15.5 Å². The first-order valence-corrected chi connectivity index (χ1v) is 9.20. The summed E-state index contributed by atoms with van der Waals surface area (Å²) in [6.07, 6.45) is 5.01. The third-order valence-electron chi connectivity index (χ3n) is 5.27. The van der Waals surface area contributed by atoms with Crippen molar-refractivity contribution < 1.29 is 4.74 Å². The number of hydrogen-bond donors (Lipinski definition) is 2. The van der Waals surface area contributed by atoms with E-state index in [0.717, 1.165) is 32.1 Å². The van der Waals surface area contributed by atoms with E-state index in [1.54, 1.807) is 7.11 Å². The standard InChI is InChI=1S/C20H34N4O/c1-16-7-8-17(18(13-16)24(3)4)14-22-19(21-2)23-15-20(9-6-10-20)11-12-25-5/h7-8,13H,6,9-12,14-15H2,1-5H3,(H2,21,22,23). The number of hydrogen-bond acceptors (Lipinski definition) is 3. The first kappa shape index (κ1) is 19.6. The summed E-state index contributed by atoms with van der Waals surface area (Å²) in [7, 11) is 7.78. The second kappa shape index (κ2) is 9.09. The fourth-order valence-corrected chi connectivity index (χ4v) is 3.42. The number of nitrogens with zero attached hydrogens (tertiary/aromatic N) is 2. The molecule has 1 aliphatic carbocycles. The molecule has 0 atom stereocenters. The van der Waals surface area contributed by atoms with Crippen LogP contribution in [0.3, 0.4) is 0 Å². The number of methoxy groups -OCH3 is 1. The summed E-state index contributed by atoms with van der Waals surface area (Å²) >= 11 is 0. The molecule has 1 aromatic carbocycles. The molecular weight excluding hydrogens is 312 g/mol. The largest absolute Gasteiger partial charge is 0.385 e. The molecule has 0 radical (unpaired) electrons. The van der Waals surface area contributed by atoms with Crippen molar-refractivity contribution in [1.29, 1.82) is 0 Å². The Hall–Kier alpha value is -1.75. The topological polar surface area (TPSA) is 48.9 Å². The van der Waals surface area contributed by atoms with Crippen molar-refractivity contribution >= 4 is 11.6 Å². The van der Waals surface area contributed by atoms with Crippen molar-refractivity contribution in [2.75, 3.05) is 46.3 Å². The maximum Gasteiger partial charge on any atom is 0.191 e. The van der Waals surface area contributed by atoms with E-state index < -0.39 is 0 Å². The summed E-state index contributed by atoms with van der Waals surface area (Å²) in [4.78, 5) is 6.55. The molecule has 0 amide bonds. The molecule has 2 N–H and O–H groups in total. The lowest BCUT2D eigenvalue weighted by Crippen LogP contribution is -2.46. The average Bonchev–Trinajstić information content (AvgIpc) is 2.56. The minimum atomic E-state index is 0.381. The quantitative estimate of drug-likeness (QED) is 0.561. The molecule has 5 nitrogen and oxygen atoms in total. The molecule has 0 bridgehead atoms. The number of nitrogens with one attached hydrogen (secondary N) is 2. The molecule has 1 fully saturated rings. The van der Waals surface area contributed by atoms with E-state index in [-0.39, 0.29) is 0 Å². The van der Waals surface area contributed by atoms with Gasteiger partial charge in [-0.15, -0.1) is 0 Å². The minimum Gasteiger partial charge on any atom is -0.385 e. The number of aliphatic imine (C=N–C) groups is 1. The maximum atomic E-state index is 5.28. The van der Waals surface area contributed by atoms with Crippen LogP contribution in [0.15, 0.2) is 23.2 Å². The monoisotopic (exact) mass is 346 g/mol. The zero-order valence-corrected chi connectivity index (χ0v) is 16.5. The van der Waals surface area contributed by atoms with Crippen LogP contribution >= 0.6 is 0 Å². The number of rotatable bonds is 8. The van der Waals surface area contributed by atoms with Crippen LogP contribution in [0, 0.1) is 12.3 Å². The third kappa shape index (κ3) is 5.36. The van der Waals surface area contributed by atoms with Gasteiger partial charge in [0.05, 0.1) is 0 Å². The molecule has 0 unspecified atom stereocenters. The lowest BCUT2D eigenvalue weighted by Gasteiger charge is -2.42. The van der Waals surface area contributed by atoms with Crippen LogP contribution in [-0.2, 0) is 11.3 Å². The van der Waals surface area contributed by atoms with Gasteiger partial charge in [-0.25, -0.2) is 0 Å². The summed E-state index contributed by atoms with van der Waals surface area (Å²) in [6, 6.07) is 6.58. The maximum absolute atomic E-state index is 5.28. The highest BCUT2D eigenvalue weighted by Crippen LogP contribution is 2.43. The van der Waals surface area contributed by atoms with Crippen molar-refractivity contribution in [1.82, 2.24) is 10.6 Å². The van der Waals surface area contributed by atoms with Gasteiger partial charge < -0.3 is 20.3 Å². The predicted octanol–water partition coefficient (Wildman–Crippen LogP) is 2.93. The van der Waals surface area contributed by atoms with E-state index in [9.17, 15) is 0 Å². The van der Waals surface area contributed by atoms with Gasteiger partial charge in [0.25, 0.3) is 0 Å². The summed E-state index contributed by atoms with van der Waals surface area (Å²) in [5.41, 5.74) is 4.18. The molecule has 0 aliphatic heterocycles. The van der Waals surface area contributed by atoms with E-state index >= 15 is 0 Å². The molecule has 5 heteroatoms. The van der Waals surface area contributed by atoms with Gasteiger partial charge in [0.15, 0.2) is 5.96 Å². The van der Waals surface area contributed by atoms with Crippen molar-refractivity contribution in [3.8, 4) is 0 Å². The molecule has 2 rings (SSSR count). The predicted molar refractivity (Wildman–Crippen MR) is 106 cm³/mol. The molecule has 0 heterocycles. The van der Waals surface area contributed by atoms with E-state index in [2.05, 4.69) is 59.7 Å². The van der Waals surface area contributed by atoms with Crippen LogP contribution in [0.4, 0.5) is 5.69 Å². The Morgan fingerprint density at radius 2 is 2.04 bits per heavy atom. The molecule has 140 valence electrons. The van der Waals surface area contributed by atoms with Gasteiger partial charge in [0, 0.05) is 53.6 Å². The summed E-state index contributed by atoms with van der Waals surface area (Å²) in [6.45, 7) is 4.69. The average molecular weight is 347 g/mol. The Balaban J connectivity index is 1.91. The molecule has 0 saturated heterocycles. The highest BCUT2D eigenvalue weighted by Gasteiger charge is 2.36. The summed E-state index contributed by atoms with van der Waals surface area (Å²) in [5, 5.41) is 6.98. The smallest absolute Gasteiger partial charge is 0.191 e. The van der Waals surface area contributed by atoms with Gasteiger partial charge >= 0.3 is 0 Å². The van der Waals surface area contributed by atoms with Crippen LogP contribution in [0.1, 0.15) is 36.8 Å². The van der Waals surface area contributed by atoms with E-state index in [1.807, 2.05) is 7.05 Å². The second-order valence-electron chi connectivity index (χ2n) is 7.40.